The fourth-order valence-electron chi connectivity index (χ4n) is 9.93. The molecule has 0 amide bonds. The summed E-state index contributed by atoms with van der Waals surface area (Å²) in [6, 6.07) is 64.2. The van der Waals surface area contributed by atoms with Crippen LogP contribution in [0.15, 0.2) is 170 Å². The molecule has 0 saturated carbocycles. The van der Waals surface area contributed by atoms with Crippen LogP contribution in [-0.4, -0.2) is 9.13 Å². The van der Waals surface area contributed by atoms with E-state index in [0.717, 1.165) is 19.3 Å². The Morgan fingerprint density at radius 2 is 0.729 bits per heavy atom. The van der Waals surface area contributed by atoms with E-state index in [1.54, 1.807) is 0 Å². The van der Waals surface area contributed by atoms with Gasteiger partial charge in [0.25, 0.3) is 0 Å². The summed E-state index contributed by atoms with van der Waals surface area (Å²) in [6.07, 6.45) is 3.11. The number of fused-ring (bicyclic) bond motifs is 9. The molecule has 0 N–H and O–H groups in total. The molecule has 2 nitrogen and oxygen atoms in total. The number of aromatic nitrogens is 2. The molecule has 8 aromatic carbocycles. The Morgan fingerprint density at radius 1 is 0.373 bits per heavy atom. The first-order valence-corrected chi connectivity index (χ1v) is 21.4. The van der Waals surface area contributed by atoms with Gasteiger partial charge in [-0.3, -0.25) is 0 Å². The Balaban J connectivity index is 1.01. The van der Waals surface area contributed by atoms with Gasteiger partial charge in [-0.1, -0.05) is 113 Å². The molecule has 1 aliphatic rings. The van der Waals surface area contributed by atoms with Crippen molar-refractivity contribution in [1.82, 2.24) is 9.13 Å². The highest BCUT2D eigenvalue weighted by Gasteiger charge is 2.22. The Hall–Kier alpha value is -6.64. The second kappa shape index (κ2) is 14.0. The number of hydrogen-bond donors (Lipinski definition) is 0. The van der Waals surface area contributed by atoms with Crippen LogP contribution in [-0.2, 0) is 19.3 Å². The molecule has 59 heavy (non-hydrogen) atoms. The van der Waals surface area contributed by atoms with Crippen molar-refractivity contribution in [2.24, 2.45) is 11.8 Å². The minimum absolute atomic E-state index is 0.604. The Morgan fingerprint density at radius 3 is 1.14 bits per heavy atom. The molecule has 0 bridgehead atoms. The van der Waals surface area contributed by atoms with Crippen molar-refractivity contribution in [3.05, 3.63) is 192 Å². The topological polar surface area (TPSA) is 9.86 Å². The standard InChI is InChI=1S/C57H48N2/c1-36(2)27-38-15-23-54-50(29-38)52-34-42(21-25-56(52)58(54)46-11-7-5-8-12-46)40-17-19-44-31-45-20-18-41(33-49(45)48(44)32-40)43-22-26-57-53(35-43)51-30-39(28-37(3)4)16-24-55(51)59(57)47-13-9-6-10-14-47/h5-26,29-30,32-37H,27-28,31H2,1-4H3. The monoisotopic (exact) mass is 760 g/mol. The summed E-state index contributed by atoms with van der Waals surface area (Å²) in [5.41, 5.74) is 20.7. The highest BCUT2D eigenvalue weighted by atomic mass is 15.0. The van der Waals surface area contributed by atoms with E-state index in [-0.39, 0.29) is 0 Å². The number of nitrogens with zero attached hydrogens (tertiary/aromatic N) is 2. The van der Waals surface area contributed by atoms with Crippen LogP contribution in [0.1, 0.15) is 49.9 Å². The molecule has 0 radical (unpaired) electrons. The molecule has 0 saturated heterocycles. The van der Waals surface area contributed by atoms with Gasteiger partial charge in [-0.25, -0.2) is 0 Å². The molecule has 0 unspecified atom stereocenters. The van der Waals surface area contributed by atoms with Crippen LogP contribution in [0, 0.1) is 11.8 Å². The maximum atomic E-state index is 2.44. The van der Waals surface area contributed by atoms with Crippen LogP contribution in [0.4, 0.5) is 0 Å². The van der Waals surface area contributed by atoms with Gasteiger partial charge in [0.15, 0.2) is 0 Å². The summed E-state index contributed by atoms with van der Waals surface area (Å²) >= 11 is 0. The van der Waals surface area contributed by atoms with E-state index in [9.17, 15) is 0 Å². The molecule has 0 aliphatic heterocycles. The zero-order valence-corrected chi connectivity index (χ0v) is 34.3. The second-order valence-corrected chi connectivity index (χ2v) is 17.6. The van der Waals surface area contributed by atoms with E-state index in [1.165, 1.54) is 111 Å². The number of para-hydroxylation sites is 2. The van der Waals surface area contributed by atoms with E-state index < -0.39 is 0 Å². The van der Waals surface area contributed by atoms with Crippen LogP contribution >= 0.6 is 0 Å². The summed E-state index contributed by atoms with van der Waals surface area (Å²) < 4.78 is 4.85. The molecule has 11 rings (SSSR count). The fourth-order valence-corrected chi connectivity index (χ4v) is 9.93. The number of benzene rings is 8. The lowest BCUT2D eigenvalue weighted by molar-refractivity contribution is 0.647. The van der Waals surface area contributed by atoms with Gasteiger partial charge in [-0.15, -0.1) is 0 Å². The molecule has 0 atom stereocenters. The average molecular weight is 761 g/mol. The fraction of sp³-hybridized carbons (Fsp3) is 0.158. The molecular weight excluding hydrogens is 713 g/mol. The normalized spacial score (nSPS) is 12.4. The number of hydrogen-bond acceptors (Lipinski definition) is 0. The predicted molar refractivity (Wildman–Crippen MR) is 251 cm³/mol. The van der Waals surface area contributed by atoms with E-state index in [1.807, 2.05) is 0 Å². The average Bonchev–Trinajstić information content (AvgIpc) is 3.90. The quantitative estimate of drug-likeness (QED) is 0.146. The van der Waals surface area contributed by atoms with Crippen LogP contribution in [0.3, 0.4) is 0 Å². The smallest absolute Gasteiger partial charge is 0.0541 e. The van der Waals surface area contributed by atoms with Crippen molar-refractivity contribution >= 4 is 43.6 Å². The van der Waals surface area contributed by atoms with Crippen molar-refractivity contribution in [3.63, 3.8) is 0 Å². The SMILES string of the molecule is CC(C)Cc1ccc2c(c1)c1cc(-c3ccc4c(c3)-c3cc(-c5ccc6c(c5)c5cc(CC(C)C)ccc5n6-c5ccccc5)ccc3C4)ccc1n2-c1ccccc1. The van der Waals surface area contributed by atoms with Crippen molar-refractivity contribution in [2.45, 2.75) is 47.0 Å². The summed E-state index contributed by atoms with van der Waals surface area (Å²) in [5.74, 6) is 1.21. The summed E-state index contributed by atoms with van der Waals surface area (Å²) in [4.78, 5) is 0. The third-order valence-corrected chi connectivity index (χ3v) is 12.5. The van der Waals surface area contributed by atoms with Gasteiger partial charge < -0.3 is 9.13 Å². The summed E-state index contributed by atoms with van der Waals surface area (Å²) in [5, 5.41) is 5.24. The highest BCUT2D eigenvalue weighted by Crippen LogP contribution is 2.43. The largest absolute Gasteiger partial charge is 0.309 e. The Bertz CT molecular complexity index is 3010. The number of rotatable bonds is 8. The van der Waals surface area contributed by atoms with E-state index >= 15 is 0 Å². The maximum Gasteiger partial charge on any atom is 0.0541 e. The third kappa shape index (κ3) is 6.09. The predicted octanol–water partition coefficient (Wildman–Crippen LogP) is 15.2. The van der Waals surface area contributed by atoms with Crippen molar-refractivity contribution < 1.29 is 0 Å². The molecule has 2 aromatic heterocycles. The molecule has 2 heterocycles. The Kier molecular flexibility index (Phi) is 8.44. The second-order valence-electron chi connectivity index (χ2n) is 17.6. The van der Waals surface area contributed by atoms with Crippen molar-refractivity contribution in [3.8, 4) is 44.8 Å². The molecule has 0 spiro atoms. The minimum Gasteiger partial charge on any atom is -0.309 e. The van der Waals surface area contributed by atoms with Gasteiger partial charge in [-0.2, -0.15) is 0 Å². The molecular formula is C57H48N2. The van der Waals surface area contributed by atoms with Gasteiger partial charge in [0.05, 0.1) is 22.1 Å². The van der Waals surface area contributed by atoms with Crippen molar-refractivity contribution in [2.75, 3.05) is 0 Å². The van der Waals surface area contributed by atoms with E-state index in [0.29, 0.717) is 11.8 Å². The summed E-state index contributed by atoms with van der Waals surface area (Å²) in [7, 11) is 0. The zero-order chi connectivity index (χ0) is 39.8. The first kappa shape index (κ1) is 35.5. The third-order valence-electron chi connectivity index (χ3n) is 12.5. The van der Waals surface area contributed by atoms with Gasteiger partial charge in [0, 0.05) is 32.9 Å². The molecule has 286 valence electrons. The summed E-state index contributed by atoms with van der Waals surface area (Å²) in [6.45, 7) is 9.21. The first-order valence-electron chi connectivity index (χ1n) is 21.4. The maximum absolute atomic E-state index is 2.44. The van der Waals surface area contributed by atoms with E-state index in [4.69, 9.17) is 0 Å². The first-order chi connectivity index (χ1) is 28.9. The molecule has 1 aliphatic carbocycles. The van der Waals surface area contributed by atoms with Crippen molar-refractivity contribution in [1.29, 1.82) is 0 Å². The van der Waals surface area contributed by atoms with Gasteiger partial charge in [0.1, 0.15) is 0 Å². The van der Waals surface area contributed by atoms with Crippen LogP contribution in [0.5, 0.6) is 0 Å². The minimum atomic E-state index is 0.604. The molecule has 10 aromatic rings. The van der Waals surface area contributed by atoms with Gasteiger partial charge in [-0.05, 0) is 172 Å². The van der Waals surface area contributed by atoms with Crippen LogP contribution < -0.4 is 0 Å². The van der Waals surface area contributed by atoms with Crippen LogP contribution in [0.2, 0.25) is 0 Å². The lowest BCUT2D eigenvalue weighted by Crippen LogP contribution is -1.95. The van der Waals surface area contributed by atoms with Gasteiger partial charge in [0.2, 0.25) is 0 Å². The van der Waals surface area contributed by atoms with E-state index in [2.05, 4.69) is 207 Å². The highest BCUT2D eigenvalue weighted by molar-refractivity contribution is 6.12. The van der Waals surface area contributed by atoms with Gasteiger partial charge >= 0.3 is 0 Å². The van der Waals surface area contributed by atoms with Crippen LogP contribution in [0.25, 0.3) is 88.4 Å². The molecule has 2 heteroatoms. The lowest BCUT2D eigenvalue weighted by Gasteiger charge is -2.10. The zero-order valence-electron chi connectivity index (χ0n) is 34.3. The molecule has 0 fully saturated rings. The lowest BCUT2D eigenvalue weighted by atomic mass is 9.95. The Labute approximate surface area is 347 Å².